The molecule has 9 nitrogen and oxygen atoms in total. The van der Waals surface area contributed by atoms with Gasteiger partial charge in [0.1, 0.15) is 30.0 Å². The number of benzene rings is 1. The summed E-state index contributed by atoms with van der Waals surface area (Å²) in [5, 5.41) is 2.67. The van der Waals surface area contributed by atoms with Crippen LogP contribution >= 0.6 is 11.8 Å². The topological polar surface area (TPSA) is 117 Å². The quantitative estimate of drug-likeness (QED) is 0.481. The number of esters is 3. The third kappa shape index (κ3) is 7.51. The molecular weight excluding hydrogens is 433 g/mol. The number of halogens is 1. The van der Waals surface area contributed by atoms with Crippen LogP contribution in [0.25, 0.3) is 0 Å². The van der Waals surface area contributed by atoms with Gasteiger partial charge in [0.2, 0.25) is 5.91 Å². The molecule has 5 atom stereocenters. The molecule has 1 aliphatic heterocycles. The van der Waals surface area contributed by atoms with Crippen LogP contribution in [0.15, 0.2) is 29.2 Å². The lowest BCUT2D eigenvalue weighted by Crippen LogP contribution is -2.65. The van der Waals surface area contributed by atoms with Crippen molar-refractivity contribution in [1.29, 1.82) is 0 Å². The Kier molecular flexibility index (Phi) is 8.81. The first-order valence-corrected chi connectivity index (χ1v) is 10.3. The summed E-state index contributed by atoms with van der Waals surface area (Å²) < 4.78 is 35.1. The number of amides is 1. The summed E-state index contributed by atoms with van der Waals surface area (Å²) in [6, 6.07) is 4.65. The van der Waals surface area contributed by atoms with Crippen molar-refractivity contribution >= 4 is 35.6 Å². The van der Waals surface area contributed by atoms with Gasteiger partial charge in [-0.2, -0.15) is 0 Å². The first-order chi connectivity index (χ1) is 14.6. The molecule has 170 valence electrons. The van der Waals surface area contributed by atoms with Crippen molar-refractivity contribution in [1.82, 2.24) is 5.32 Å². The van der Waals surface area contributed by atoms with Gasteiger partial charge in [-0.15, -0.1) is 0 Å². The minimum atomic E-state index is -1.15. The Morgan fingerprint density at radius 1 is 0.968 bits per heavy atom. The van der Waals surface area contributed by atoms with E-state index in [1.165, 1.54) is 52.0 Å². The van der Waals surface area contributed by atoms with E-state index in [2.05, 4.69) is 5.32 Å². The van der Waals surface area contributed by atoms with E-state index in [0.717, 1.165) is 11.8 Å². The highest BCUT2D eigenvalue weighted by Crippen LogP contribution is 2.36. The molecule has 0 spiro atoms. The van der Waals surface area contributed by atoms with Crippen molar-refractivity contribution in [3.63, 3.8) is 0 Å². The molecule has 1 heterocycles. The SMILES string of the molecule is CC(=O)N[C@H]1[C@H](OC(C)=O)[C@@H](OC(C)=O)[C@@H](COC(C)=O)O[C@H]1Sc1ccc(F)cc1. The second-order valence-electron chi connectivity index (χ2n) is 6.79. The summed E-state index contributed by atoms with van der Waals surface area (Å²) in [6.07, 6.45) is -3.26. The van der Waals surface area contributed by atoms with Crippen LogP contribution in [0.1, 0.15) is 27.7 Å². The normalized spacial score (nSPS) is 25.3. The minimum absolute atomic E-state index is 0.279. The van der Waals surface area contributed by atoms with Gasteiger partial charge in [0.15, 0.2) is 12.2 Å². The smallest absolute Gasteiger partial charge is 0.303 e. The van der Waals surface area contributed by atoms with Crippen molar-refractivity contribution < 1.29 is 42.5 Å². The maximum atomic E-state index is 13.3. The third-order valence-electron chi connectivity index (χ3n) is 4.14. The lowest BCUT2D eigenvalue weighted by Gasteiger charge is -2.45. The number of hydrogen-bond acceptors (Lipinski definition) is 9. The van der Waals surface area contributed by atoms with E-state index in [1.807, 2.05) is 0 Å². The molecule has 1 saturated heterocycles. The Hall–Kier alpha value is -2.66. The largest absolute Gasteiger partial charge is 0.463 e. The van der Waals surface area contributed by atoms with E-state index in [9.17, 15) is 23.6 Å². The lowest BCUT2D eigenvalue weighted by atomic mass is 9.97. The summed E-state index contributed by atoms with van der Waals surface area (Å²) >= 11 is 1.14. The summed E-state index contributed by atoms with van der Waals surface area (Å²) in [5.41, 5.74) is -0.842. The molecule has 2 rings (SSSR count). The van der Waals surface area contributed by atoms with Crippen LogP contribution < -0.4 is 5.32 Å². The van der Waals surface area contributed by atoms with Gasteiger partial charge in [-0.3, -0.25) is 19.2 Å². The fourth-order valence-corrected chi connectivity index (χ4v) is 4.17. The fourth-order valence-electron chi connectivity index (χ4n) is 3.04. The molecule has 0 radical (unpaired) electrons. The van der Waals surface area contributed by atoms with E-state index in [0.29, 0.717) is 4.90 Å². The maximum Gasteiger partial charge on any atom is 0.303 e. The van der Waals surface area contributed by atoms with Gasteiger partial charge in [-0.25, -0.2) is 4.39 Å². The monoisotopic (exact) mass is 457 g/mol. The molecule has 0 aromatic heterocycles. The second-order valence-corrected chi connectivity index (χ2v) is 7.96. The van der Waals surface area contributed by atoms with Crippen LogP contribution in [-0.4, -0.2) is 60.2 Å². The predicted octanol–water partition coefficient (Wildman–Crippen LogP) is 1.57. The average molecular weight is 457 g/mol. The van der Waals surface area contributed by atoms with Crippen molar-refractivity contribution in [2.75, 3.05) is 6.61 Å². The standard InChI is InChI=1S/C20H24FNO8S/c1-10(23)22-17-19(29-13(4)26)18(28-12(3)25)16(9-27-11(2)24)30-20(17)31-15-7-5-14(21)6-8-15/h5-8,16-20H,9H2,1-4H3,(H,22,23)/t16-,17+,18+,19+,20+/m1/s1. The molecule has 0 saturated carbocycles. The highest BCUT2D eigenvalue weighted by atomic mass is 32.2. The van der Waals surface area contributed by atoms with Crippen LogP contribution in [0.4, 0.5) is 4.39 Å². The molecule has 0 bridgehead atoms. The molecule has 0 unspecified atom stereocenters. The Balaban J connectivity index is 2.43. The molecule has 1 aromatic carbocycles. The van der Waals surface area contributed by atoms with Gasteiger partial charge in [-0.05, 0) is 24.3 Å². The summed E-state index contributed by atoms with van der Waals surface area (Å²) in [6.45, 7) is 4.54. The van der Waals surface area contributed by atoms with E-state index in [-0.39, 0.29) is 6.61 Å². The summed E-state index contributed by atoms with van der Waals surface area (Å²) in [5.74, 6) is -2.79. The minimum Gasteiger partial charge on any atom is -0.463 e. The second kappa shape index (κ2) is 11.1. The Labute approximate surface area is 182 Å². The summed E-state index contributed by atoms with van der Waals surface area (Å²) in [7, 11) is 0. The summed E-state index contributed by atoms with van der Waals surface area (Å²) in [4.78, 5) is 47.3. The number of hydrogen-bond donors (Lipinski definition) is 1. The number of rotatable bonds is 7. The number of thioether (sulfide) groups is 1. The fraction of sp³-hybridized carbons (Fsp3) is 0.500. The molecule has 1 fully saturated rings. The van der Waals surface area contributed by atoms with E-state index < -0.39 is 59.4 Å². The lowest BCUT2D eigenvalue weighted by molar-refractivity contribution is -0.211. The van der Waals surface area contributed by atoms with Gasteiger partial charge < -0.3 is 24.3 Å². The predicted molar refractivity (Wildman–Crippen MR) is 106 cm³/mol. The van der Waals surface area contributed by atoms with Gasteiger partial charge in [0, 0.05) is 32.6 Å². The van der Waals surface area contributed by atoms with E-state index >= 15 is 0 Å². The molecule has 11 heteroatoms. The van der Waals surface area contributed by atoms with Crippen LogP contribution in [0.5, 0.6) is 0 Å². The number of nitrogens with one attached hydrogen (secondary N) is 1. The van der Waals surface area contributed by atoms with Crippen molar-refractivity contribution in [3.05, 3.63) is 30.1 Å². The highest BCUT2D eigenvalue weighted by Gasteiger charge is 2.51. The van der Waals surface area contributed by atoms with E-state index in [4.69, 9.17) is 18.9 Å². The average Bonchev–Trinajstić information content (AvgIpc) is 2.65. The maximum absolute atomic E-state index is 13.3. The zero-order valence-corrected chi connectivity index (χ0v) is 18.3. The number of carbonyl (C=O) groups is 4. The third-order valence-corrected chi connectivity index (χ3v) is 5.32. The van der Waals surface area contributed by atoms with E-state index in [1.54, 1.807) is 0 Å². The molecule has 0 aliphatic carbocycles. The number of ether oxygens (including phenoxy) is 4. The first-order valence-electron chi connectivity index (χ1n) is 9.39. The van der Waals surface area contributed by atoms with Crippen molar-refractivity contribution in [2.24, 2.45) is 0 Å². The molecular formula is C20H24FNO8S. The van der Waals surface area contributed by atoms with Crippen molar-refractivity contribution in [2.45, 2.75) is 62.4 Å². The van der Waals surface area contributed by atoms with Crippen LogP contribution in [-0.2, 0) is 38.1 Å². The van der Waals surface area contributed by atoms with Crippen LogP contribution in [0, 0.1) is 5.82 Å². The first kappa shape index (κ1) is 24.6. The Morgan fingerprint density at radius 3 is 2.06 bits per heavy atom. The zero-order valence-electron chi connectivity index (χ0n) is 17.5. The molecule has 1 amide bonds. The van der Waals surface area contributed by atoms with Crippen LogP contribution in [0.2, 0.25) is 0 Å². The van der Waals surface area contributed by atoms with Crippen LogP contribution in [0.3, 0.4) is 0 Å². The Bertz CT molecular complexity index is 818. The molecule has 31 heavy (non-hydrogen) atoms. The zero-order chi connectivity index (χ0) is 23.1. The molecule has 1 aliphatic rings. The number of carbonyl (C=O) groups excluding carboxylic acids is 4. The highest BCUT2D eigenvalue weighted by molar-refractivity contribution is 7.99. The van der Waals surface area contributed by atoms with Crippen molar-refractivity contribution in [3.8, 4) is 0 Å². The van der Waals surface area contributed by atoms with Gasteiger partial charge >= 0.3 is 17.9 Å². The molecule has 1 aromatic rings. The van der Waals surface area contributed by atoms with Gasteiger partial charge in [-0.1, -0.05) is 11.8 Å². The van der Waals surface area contributed by atoms with Gasteiger partial charge in [0.25, 0.3) is 0 Å². The molecule has 1 N–H and O–H groups in total. The Morgan fingerprint density at radius 2 is 1.55 bits per heavy atom. The van der Waals surface area contributed by atoms with Gasteiger partial charge in [0.05, 0.1) is 0 Å².